The van der Waals surface area contributed by atoms with E-state index in [0.717, 1.165) is 5.92 Å². The summed E-state index contributed by atoms with van der Waals surface area (Å²) in [5.41, 5.74) is 0. The van der Waals surface area contributed by atoms with Crippen LogP contribution in [0, 0.1) is 12.3 Å². The molecule has 3 aliphatic heterocycles. The van der Waals surface area contributed by atoms with Gasteiger partial charge in [0.1, 0.15) is 0 Å². The molecule has 9 heavy (non-hydrogen) atoms. The number of fused-ring (bicyclic) bond motifs is 4. The van der Waals surface area contributed by atoms with E-state index in [1.807, 2.05) is 0 Å². The maximum atomic E-state index is 2.56. The molecule has 0 N–H and O–H groups in total. The summed E-state index contributed by atoms with van der Waals surface area (Å²) in [7, 11) is 0. The summed E-state index contributed by atoms with van der Waals surface area (Å²) in [6, 6.07) is 0. The molecule has 0 aromatic heterocycles. The van der Waals surface area contributed by atoms with Crippen molar-refractivity contribution in [2.75, 3.05) is 19.6 Å². The third-order valence-corrected chi connectivity index (χ3v) is 2.59. The van der Waals surface area contributed by atoms with Gasteiger partial charge < -0.3 is 4.90 Å². The van der Waals surface area contributed by atoms with Crippen molar-refractivity contribution in [1.82, 2.24) is 4.90 Å². The fourth-order valence-corrected chi connectivity index (χ4v) is 1.90. The molecule has 3 aliphatic rings. The highest BCUT2D eigenvalue weighted by atomic mass is 15.1. The molecule has 1 radical (unpaired) electrons. The molecule has 3 saturated heterocycles. The van der Waals surface area contributed by atoms with Crippen molar-refractivity contribution >= 4 is 0 Å². The number of hydrogen-bond donors (Lipinski definition) is 0. The second-order valence-electron chi connectivity index (χ2n) is 3.27. The van der Waals surface area contributed by atoms with Gasteiger partial charge in [-0.15, -0.1) is 0 Å². The van der Waals surface area contributed by atoms with E-state index >= 15 is 0 Å². The fourth-order valence-electron chi connectivity index (χ4n) is 1.90. The minimum atomic E-state index is 1.05. The lowest BCUT2D eigenvalue weighted by Crippen LogP contribution is -2.30. The van der Waals surface area contributed by atoms with E-state index in [1.165, 1.54) is 38.9 Å². The Labute approximate surface area is 57.0 Å². The van der Waals surface area contributed by atoms with E-state index in [-0.39, 0.29) is 0 Å². The van der Waals surface area contributed by atoms with Gasteiger partial charge in [-0.3, -0.25) is 0 Å². The summed E-state index contributed by atoms with van der Waals surface area (Å²) in [6.07, 6.45) is 6.74. The average molecular weight is 124 g/mol. The van der Waals surface area contributed by atoms with Crippen LogP contribution in [-0.4, -0.2) is 24.5 Å². The lowest BCUT2D eigenvalue weighted by Gasteiger charge is -2.25. The topological polar surface area (TPSA) is 3.24 Å². The highest BCUT2D eigenvalue weighted by Gasteiger charge is 2.22. The Morgan fingerprint density at radius 3 is 2.78 bits per heavy atom. The zero-order valence-electron chi connectivity index (χ0n) is 5.84. The van der Waals surface area contributed by atoms with Crippen molar-refractivity contribution in [3.05, 3.63) is 6.42 Å². The Hall–Kier alpha value is -0.0400. The van der Waals surface area contributed by atoms with Crippen LogP contribution in [0.4, 0.5) is 0 Å². The van der Waals surface area contributed by atoms with Gasteiger partial charge in [-0.25, -0.2) is 0 Å². The molecule has 0 saturated carbocycles. The summed E-state index contributed by atoms with van der Waals surface area (Å²) in [4.78, 5) is 2.56. The second-order valence-corrected chi connectivity index (χ2v) is 3.27. The van der Waals surface area contributed by atoms with Gasteiger partial charge in [0.05, 0.1) is 0 Å². The van der Waals surface area contributed by atoms with Crippen molar-refractivity contribution in [3.63, 3.8) is 0 Å². The summed E-state index contributed by atoms with van der Waals surface area (Å²) in [5, 5.41) is 0. The van der Waals surface area contributed by atoms with Gasteiger partial charge in [0.2, 0.25) is 0 Å². The van der Waals surface area contributed by atoms with E-state index in [9.17, 15) is 0 Å². The molecule has 0 atom stereocenters. The molecule has 0 unspecified atom stereocenters. The molecule has 3 heterocycles. The van der Waals surface area contributed by atoms with Crippen LogP contribution in [0.15, 0.2) is 0 Å². The summed E-state index contributed by atoms with van der Waals surface area (Å²) in [6.45, 7) is 3.98. The van der Waals surface area contributed by atoms with Crippen molar-refractivity contribution in [1.29, 1.82) is 0 Å². The molecular formula is C8H14N. The Kier molecular flexibility index (Phi) is 1.46. The van der Waals surface area contributed by atoms with Crippen molar-refractivity contribution in [2.24, 2.45) is 5.92 Å². The van der Waals surface area contributed by atoms with Gasteiger partial charge in [-0.1, -0.05) is 0 Å². The standard InChI is InChI=1S/C8H14N/c1-2-8-3-6-9(5-1)7-4-8/h1,8H,2-7H2. The van der Waals surface area contributed by atoms with Gasteiger partial charge >= 0.3 is 0 Å². The number of piperidine rings is 1. The van der Waals surface area contributed by atoms with E-state index in [0.29, 0.717) is 0 Å². The van der Waals surface area contributed by atoms with E-state index in [1.54, 1.807) is 0 Å². The fraction of sp³-hybridized carbons (Fsp3) is 0.875. The Balaban J connectivity index is 2.03. The normalized spacial score (nSPS) is 42.7. The monoisotopic (exact) mass is 124 g/mol. The minimum Gasteiger partial charge on any atom is -0.303 e. The zero-order chi connectivity index (χ0) is 6.10. The van der Waals surface area contributed by atoms with Crippen molar-refractivity contribution in [2.45, 2.75) is 19.3 Å². The van der Waals surface area contributed by atoms with E-state index < -0.39 is 0 Å². The molecule has 2 bridgehead atoms. The molecule has 3 rings (SSSR count). The first-order chi connectivity index (χ1) is 4.45. The highest BCUT2D eigenvalue weighted by Crippen LogP contribution is 2.25. The molecule has 0 aromatic rings. The molecule has 3 fully saturated rings. The quantitative estimate of drug-likeness (QED) is 0.470. The van der Waals surface area contributed by atoms with Gasteiger partial charge in [-0.2, -0.15) is 0 Å². The zero-order valence-corrected chi connectivity index (χ0v) is 5.84. The molecule has 1 heteroatoms. The Morgan fingerprint density at radius 1 is 1.22 bits per heavy atom. The third kappa shape index (κ3) is 1.11. The molecule has 0 aliphatic carbocycles. The largest absolute Gasteiger partial charge is 0.303 e. The second kappa shape index (κ2) is 2.30. The van der Waals surface area contributed by atoms with Crippen molar-refractivity contribution < 1.29 is 0 Å². The first-order valence-electron chi connectivity index (χ1n) is 3.99. The number of hydrogen-bond acceptors (Lipinski definition) is 1. The SMILES string of the molecule is [CH]1CC2CCN(C1)CC2. The van der Waals surface area contributed by atoms with Crippen LogP contribution < -0.4 is 0 Å². The summed E-state index contributed by atoms with van der Waals surface area (Å²) < 4.78 is 0. The van der Waals surface area contributed by atoms with Crippen LogP contribution in [0.1, 0.15) is 19.3 Å². The number of rotatable bonds is 0. The first kappa shape index (κ1) is 5.72. The molecule has 0 spiro atoms. The first-order valence-corrected chi connectivity index (χ1v) is 3.99. The summed E-state index contributed by atoms with van der Waals surface area (Å²) >= 11 is 0. The van der Waals surface area contributed by atoms with Crippen molar-refractivity contribution in [3.8, 4) is 0 Å². The predicted octanol–water partition coefficient (Wildman–Crippen LogP) is 1.31. The summed E-state index contributed by atoms with van der Waals surface area (Å²) in [5.74, 6) is 1.05. The maximum absolute atomic E-state index is 2.56. The van der Waals surface area contributed by atoms with Crippen LogP contribution in [0.3, 0.4) is 0 Å². The van der Waals surface area contributed by atoms with Crippen LogP contribution in [0.25, 0.3) is 0 Å². The Morgan fingerprint density at radius 2 is 2.00 bits per heavy atom. The molecule has 1 nitrogen and oxygen atoms in total. The van der Waals surface area contributed by atoms with Crippen LogP contribution in [0.2, 0.25) is 0 Å². The molecular weight excluding hydrogens is 110 g/mol. The minimum absolute atomic E-state index is 1.05. The molecule has 0 amide bonds. The van der Waals surface area contributed by atoms with Gasteiger partial charge in [0.25, 0.3) is 0 Å². The number of nitrogens with zero attached hydrogens (tertiary/aromatic N) is 1. The van der Waals surface area contributed by atoms with Gasteiger partial charge in [-0.05, 0) is 44.7 Å². The van der Waals surface area contributed by atoms with Gasteiger partial charge in [0.15, 0.2) is 0 Å². The van der Waals surface area contributed by atoms with Crippen LogP contribution in [-0.2, 0) is 0 Å². The smallest absolute Gasteiger partial charge is 0.00129 e. The van der Waals surface area contributed by atoms with Gasteiger partial charge in [0, 0.05) is 6.54 Å². The maximum Gasteiger partial charge on any atom is 0.00129 e. The highest BCUT2D eigenvalue weighted by molar-refractivity contribution is 4.85. The lowest BCUT2D eigenvalue weighted by atomic mass is 9.96. The van der Waals surface area contributed by atoms with Crippen LogP contribution >= 0.6 is 0 Å². The predicted molar refractivity (Wildman–Crippen MR) is 38.1 cm³/mol. The third-order valence-electron chi connectivity index (χ3n) is 2.59. The van der Waals surface area contributed by atoms with E-state index in [4.69, 9.17) is 0 Å². The molecule has 0 aromatic carbocycles. The lowest BCUT2D eigenvalue weighted by molar-refractivity contribution is 0.227. The Bertz CT molecular complexity index is 75.2. The average Bonchev–Trinajstić information content (AvgIpc) is 2.21. The van der Waals surface area contributed by atoms with Crippen LogP contribution in [0.5, 0.6) is 0 Å². The molecule has 51 valence electrons. The van der Waals surface area contributed by atoms with E-state index in [2.05, 4.69) is 11.3 Å².